The third-order valence-corrected chi connectivity index (χ3v) is 4.24. The molecule has 1 aliphatic heterocycles. The number of nitrogens with zero attached hydrogens (tertiary/aromatic N) is 5. The maximum absolute atomic E-state index is 6.06. The lowest BCUT2D eigenvalue weighted by molar-refractivity contribution is 0.187. The molecule has 26 heavy (non-hydrogen) atoms. The number of rotatable bonds is 11. The molecule has 1 fully saturated rings. The Hall–Kier alpha value is -1.97. The van der Waals surface area contributed by atoms with Gasteiger partial charge < -0.3 is 25.4 Å². The number of nitrogens with one attached hydrogen (secondary N) is 1. The van der Waals surface area contributed by atoms with Crippen LogP contribution in [0.25, 0.3) is 0 Å². The second kappa shape index (κ2) is 10.9. The quantitative estimate of drug-likeness (QED) is 0.339. The molecule has 1 saturated heterocycles. The second-order valence-electron chi connectivity index (χ2n) is 6.20. The summed E-state index contributed by atoms with van der Waals surface area (Å²) in [4.78, 5) is 17.2. The van der Waals surface area contributed by atoms with Crippen LogP contribution in [0.3, 0.4) is 0 Å². The van der Waals surface area contributed by atoms with Gasteiger partial charge in [0.25, 0.3) is 0 Å². The van der Waals surface area contributed by atoms with E-state index < -0.39 is 0 Å². The summed E-state index contributed by atoms with van der Waals surface area (Å²) < 4.78 is 11.0. The predicted molar refractivity (Wildman–Crippen MR) is 105 cm³/mol. The Balaban J connectivity index is 2.16. The molecule has 0 aromatic carbocycles. The van der Waals surface area contributed by atoms with Gasteiger partial charge in [0.05, 0.1) is 6.61 Å². The Morgan fingerprint density at radius 1 is 1.35 bits per heavy atom. The van der Waals surface area contributed by atoms with Crippen molar-refractivity contribution < 1.29 is 9.47 Å². The second-order valence-corrected chi connectivity index (χ2v) is 6.20. The predicted octanol–water partition coefficient (Wildman–Crippen LogP) is 0.885. The fraction of sp³-hybridized carbons (Fsp3) is 0.706. The first kappa shape index (κ1) is 20.3. The number of nitrogens with two attached hydrogens (primary N) is 1. The summed E-state index contributed by atoms with van der Waals surface area (Å²) in [7, 11) is 1.65. The van der Waals surface area contributed by atoms with Crippen molar-refractivity contribution in [1.29, 1.82) is 0 Å². The van der Waals surface area contributed by atoms with E-state index in [1.165, 1.54) is 0 Å². The third-order valence-electron chi connectivity index (χ3n) is 4.24. The molecule has 0 atom stereocenters. The molecular formula is C17H31N7O2. The number of hydrogen-bond donors (Lipinski definition) is 2. The Kier molecular flexibility index (Phi) is 8.52. The van der Waals surface area contributed by atoms with Crippen molar-refractivity contribution in [3.05, 3.63) is 0 Å². The first-order chi connectivity index (χ1) is 12.7. The average Bonchev–Trinajstić information content (AvgIpc) is 2.66. The van der Waals surface area contributed by atoms with E-state index in [0.717, 1.165) is 52.1 Å². The van der Waals surface area contributed by atoms with Crippen LogP contribution in [0.5, 0.6) is 6.01 Å². The van der Waals surface area contributed by atoms with Gasteiger partial charge in [0.1, 0.15) is 12.4 Å². The van der Waals surface area contributed by atoms with Crippen molar-refractivity contribution in [3.8, 4) is 6.01 Å². The van der Waals surface area contributed by atoms with Crippen LogP contribution in [-0.2, 0) is 4.74 Å². The minimum atomic E-state index is 0.264. The highest BCUT2D eigenvalue weighted by molar-refractivity contribution is 5.75. The van der Waals surface area contributed by atoms with Crippen molar-refractivity contribution in [1.82, 2.24) is 20.2 Å². The number of aliphatic imine (C=N–C) groups is 1. The van der Waals surface area contributed by atoms with Gasteiger partial charge in [0, 0.05) is 46.4 Å². The van der Waals surface area contributed by atoms with Gasteiger partial charge >= 0.3 is 6.01 Å². The number of ether oxygens (including phenoxy) is 2. The number of nitrogen functional groups attached to an aromatic ring is 1. The van der Waals surface area contributed by atoms with Gasteiger partial charge in [-0.15, -0.1) is 0 Å². The average molecular weight is 365 g/mol. The van der Waals surface area contributed by atoms with Crippen LogP contribution in [0.15, 0.2) is 4.99 Å². The lowest BCUT2D eigenvalue weighted by Crippen LogP contribution is -2.46. The third kappa shape index (κ3) is 5.79. The van der Waals surface area contributed by atoms with Crippen LogP contribution in [0, 0.1) is 0 Å². The molecule has 0 aliphatic carbocycles. The summed E-state index contributed by atoms with van der Waals surface area (Å²) in [6.07, 6.45) is 1.97. The molecule has 3 N–H and O–H groups in total. The van der Waals surface area contributed by atoms with Crippen LogP contribution >= 0.6 is 0 Å². The van der Waals surface area contributed by atoms with Gasteiger partial charge in [-0.1, -0.05) is 13.3 Å². The number of anilines is 2. The molecule has 0 spiro atoms. The molecular weight excluding hydrogens is 334 g/mol. The minimum absolute atomic E-state index is 0.264. The topological polar surface area (TPSA) is 101 Å². The van der Waals surface area contributed by atoms with Crippen LogP contribution < -0.4 is 20.7 Å². The first-order valence-corrected chi connectivity index (χ1v) is 9.13. The Morgan fingerprint density at radius 2 is 2.12 bits per heavy atom. The molecule has 2 heterocycles. The summed E-state index contributed by atoms with van der Waals surface area (Å²) in [6, 6.07) is 0.265. The van der Waals surface area contributed by atoms with E-state index >= 15 is 0 Å². The Morgan fingerprint density at radius 3 is 2.77 bits per heavy atom. The number of hydrogen-bond acceptors (Lipinski definition) is 9. The largest absolute Gasteiger partial charge is 0.463 e. The van der Waals surface area contributed by atoms with Crippen molar-refractivity contribution in [2.24, 2.45) is 4.99 Å². The monoisotopic (exact) mass is 365 g/mol. The van der Waals surface area contributed by atoms with Crippen molar-refractivity contribution in [3.63, 3.8) is 0 Å². The highest BCUT2D eigenvalue weighted by Gasteiger charge is 2.20. The fourth-order valence-corrected chi connectivity index (χ4v) is 2.77. The highest BCUT2D eigenvalue weighted by Crippen LogP contribution is 2.33. The van der Waals surface area contributed by atoms with E-state index in [9.17, 15) is 0 Å². The molecule has 146 valence electrons. The summed E-state index contributed by atoms with van der Waals surface area (Å²) >= 11 is 0. The van der Waals surface area contributed by atoms with Crippen LogP contribution in [0.2, 0.25) is 0 Å². The summed E-state index contributed by atoms with van der Waals surface area (Å²) in [6.45, 7) is 12.4. The van der Waals surface area contributed by atoms with E-state index in [4.69, 9.17) is 15.2 Å². The Bertz CT molecular complexity index is 564. The number of unbranched alkanes of at least 4 members (excludes halogenated alkanes) is 1. The molecule has 0 saturated carbocycles. The zero-order valence-corrected chi connectivity index (χ0v) is 15.9. The van der Waals surface area contributed by atoms with Gasteiger partial charge in [-0.25, -0.2) is 0 Å². The smallest absolute Gasteiger partial charge is 0.320 e. The van der Waals surface area contributed by atoms with E-state index in [2.05, 4.69) is 38.8 Å². The van der Waals surface area contributed by atoms with E-state index in [0.29, 0.717) is 24.8 Å². The molecule has 9 heteroatoms. The van der Waals surface area contributed by atoms with Crippen LogP contribution in [0.4, 0.5) is 17.3 Å². The zero-order valence-electron chi connectivity index (χ0n) is 15.9. The molecule has 1 aromatic rings. The Labute approximate surface area is 155 Å². The maximum Gasteiger partial charge on any atom is 0.320 e. The van der Waals surface area contributed by atoms with Gasteiger partial charge in [-0.3, -0.25) is 9.89 Å². The lowest BCUT2D eigenvalue weighted by Gasteiger charge is -2.31. The summed E-state index contributed by atoms with van der Waals surface area (Å²) in [5, 5.41) is 3.36. The van der Waals surface area contributed by atoms with Crippen LogP contribution in [-0.4, -0.2) is 81.3 Å². The standard InChI is InChI=1S/C17H31N7O2/c1-4-5-12-26-17-21-15(18)14(19-2)16(22-17)24(13-25-3)11-10-23-8-6-20-7-9-23/h20H,2,4-13H2,1,3H3,(H2,18,21,22). The van der Waals surface area contributed by atoms with Gasteiger partial charge in [-0.2, -0.15) is 9.97 Å². The normalized spacial score (nSPS) is 15.0. The molecule has 0 unspecified atom stereocenters. The zero-order chi connectivity index (χ0) is 18.8. The lowest BCUT2D eigenvalue weighted by atomic mass is 10.3. The van der Waals surface area contributed by atoms with Gasteiger partial charge in [-0.05, 0) is 13.1 Å². The van der Waals surface area contributed by atoms with Gasteiger partial charge in [0.15, 0.2) is 11.6 Å². The fourth-order valence-electron chi connectivity index (χ4n) is 2.77. The van der Waals surface area contributed by atoms with Crippen LogP contribution in [0.1, 0.15) is 19.8 Å². The molecule has 0 radical (unpaired) electrons. The summed E-state index contributed by atoms with van der Waals surface area (Å²) in [5.41, 5.74) is 6.52. The van der Waals surface area contributed by atoms with E-state index in [1.54, 1.807) is 7.11 Å². The molecule has 2 rings (SSSR count). The van der Waals surface area contributed by atoms with E-state index in [-0.39, 0.29) is 11.8 Å². The number of methoxy groups -OCH3 is 1. The van der Waals surface area contributed by atoms with Crippen molar-refractivity contribution >= 4 is 24.0 Å². The first-order valence-electron chi connectivity index (χ1n) is 9.13. The number of piperazine rings is 1. The molecule has 0 amide bonds. The number of aromatic nitrogens is 2. The SMILES string of the molecule is C=Nc1c(N)nc(OCCCC)nc1N(CCN1CCNCC1)COC. The molecule has 1 aromatic heterocycles. The van der Waals surface area contributed by atoms with Crippen molar-refractivity contribution in [2.75, 3.05) is 70.3 Å². The van der Waals surface area contributed by atoms with Crippen molar-refractivity contribution in [2.45, 2.75) is 19.8 Å². The van der Waals surface area contributed by atoms with Gasteiger partial charge in [0.2, 0.25) is 0 Å². The highest BCUT2D eigenvalue weighted by atomic mass is 16.5. The minimum Gasteiger partial charge on any atom is -0.463 e. The maximum atomic E-state index is 6.06. The summed E-state index contributed by atoms with van der Waals surface area (Å²) in [5.74, 6) is 0.857. The molecule has 0 bridgehead atoms. The molecule has 9 nitrogen and oxygen atoms in total. The molecule has 1 aliphatic rings. The van der Waals surface area contributed by atoms with E-state index in [1.807, 2.05) is 4.90 Å².